The lowest BCUT2D eigenvalue weighted by molar-refractivity contribution is -0.137. The van der Waals surface area contributed by atoms with Crippen LogP contribution in [0.4, 0.5) is 0 Å². The number of carboxylic acid groups (broad SMARTS) is 1. The Morgan fingerprint density at radius 1 is 1.13 bits per heavy atom. The van der Waals surface area contributed by atoms with E-state index in [1.807, 2.05) is 42.5 Å². The van der Waals surface area contributed by atoms with Crippen LogP contribution in [0.15, 0.2) is 48.5 Å². The first-order valence-corrected chi connectivity index (χ1v) is 11.0. The molecule has 0 spiro atoms. The van der Waals surface area contributed by atoms with Crippen LogP contribution >= 0.6 is 7.60 Å². The molecule has 0 heterocycles. The molecule has 1 atom stereocenters. The highest BCUT2D eigenvalue weighted by atomic mass is 31.2. The van der Waals surface area contributed by atoms with E-state index >= 15 is 0 Å². The van der Waals surface area contributed by atoms with Gasteiger partial charge in [0.2, 0.25) is 5.91 Å². The summed E-state index contributed by atoms with van der Waals surface area (Å²) in [5, 5.41) is 13.7. The van der Waals surface area contributed by atoms with Crippen LogP contribution in [-0.4, -0.2) is 52.8 Å². The van der Waals surface area contributed by atoms with E-state index in [4.69, 9.17) is 19.6 Å². The number of nitrogens with one attached hydrogen (secondary N) is 2. The molecule has 0 saturated heterocycles. The predicted octanol–water partition coefficient (Wildman–Crippen LogP) is 1.59. The van der Waals surface area contributed by atoms with Gasteiger partial charge in [-0.2, -0.15) is 0 Å². The normalized spacial score (nSPS) is 12.2. The molecule has 0 aliphatic carbocycles. The van der Waals surface area contributed by atoms with Gasteiger partial charge >= 0.3 is 13.6 Å². The van der Waals surface area contributed by atoms with Gasteiger partial charge in [-0.3, -0.25) is 19.5 Å². The fourth-order valence-electron chi connectivity index (χ4n) is 2.86. The quantitative estimate of drug-likeness (QED) is 0.334. The van der Waals surface area contributed by atoms with Crippen molar-refractivity contribution in [1.82, 2.24) is 10.6 Å². The summed E-state index contributed by atoms with van der Waals surface area (Å²) in [6, 6.07) is 14.1. The van der Waals surface area contributed by atoms with Gasteiger partial charge in [0.25, 0.3) is 0 Å². The van der Waals surface area contributed by atoms with Crippen molar-refractivity contribution in [2.45, 2.75) is 18.9 Å². The van der Waals surface area contributed by atoms with E-state index in [9.17, 15) is 14.2 Å². The summed E-state index contributed by atoms with van der Waals surface area (Å²) in [4.78, 5) is 41.3. The fraction of sp³-hybridized carbons (Fsp3) is 0.300. The minimum Gasteiger partial charge on any atom is -0.496 e. The molecular weight excluding hydrogens is 411 g/mol. The summed E-state index contributed by atoms with van der Waals surface area (Å²) in [7, 11) is -2.84. The summed E-state index contributed by atoms with van der Waals surface area (Å²) >= 11 is 0. The van der Waals surface area contributed by atoms with Gasteiger partial charge in [0, 0.05) is 12.1 Å². The van der Waals surface area contributed by atoms with Crippen molar-refractivity contribution in [3.63, 3.8) is 0 Å². The van der Waals surface area contributed by atoms with Gasteiger partial charge in [0.15, 0.2) is 0 Å². The predicted molar refractivity (Wildman–Crippen MR) is 111 cm³/mol. The number of ether oxygens (including phenoxy) is 1. The molecule has 1 amide bonds. The average molecular weight is 436 g/mol. The van der Waals surface area contributed by atoms with E-state index < -0.39 is 31.8 Å². The number of carbonyl (C=O) groups excluding carboxylic acids is 1. The maximum absolute atomic E-state index is 12.4. The number of aliphatic carboxylic acids is 1. The number of carboxylic acids is 1. The Morgan fingerprint density at radius 3 is 2.43 bits per heavy atom. The molecule has 0 saturated carbocycles. The summed E-state index contributed by atoms with van der Waals surface area (Å²) in [6.45, 7) is -0.0848. The van der Waals surface area contributed by atoms with Gasteiger partial charge in [-0.15, -0.1) is 0 Å². The molecule has 0 aliphatic heterocycles. The number of methoxy groups -OCH3 is 1. The van der Waals surface area contributed by atoms with Gasteiger partial charge in [-0.05, 0) is 23.6 Å². The van der Waals surface area contributed by atoms with E-state index in [1.54, 1.807) is 6.07 Å². The van der Waals surface area contributed by atoms with Crippen LogP contribution in [0, 0.1) is 0 Å². The Hall–Kier alpha value is -2.71. The molecule has 0 fully saturated rings. The first-order valence-electron chi connectivity index (χ1n) is 9.19. The Morgan fingerprint density at radius 2 is 1.83 bits per heavy atom. The van der Waals surface area contributed by atoms with Crippen molar-refractivity contribution >= 4 is 19.5 Å². The van der Waals surface area contributed by atoms with Crippen LogP contribution in [0.2, 0.25) is 0 Å². The van der Waals surface area contributed by atoms with Gasteiger partial charge < -0.3 is 24.9 Å². The van der Waals surface area contributed by atoms with E-state index in [1.165, 1.54) is 7.11 Å². The zero-order chi connectivity index (χ0) is 22.1. The highest BCUT2D eigenvalue weighted by Gasteiger charge is 2.23. The van der Waals surface area contributed by atoms with Gasteiger partial charge in [0.05, 0.1) is 25.9 Å². The molecule has 9 nitrogen and oxygen atoms in total. The zero-order valence-corrected chi connectivity index (χ0v) is 17.3. The third-order valence-electron chi connectivity index (χ3n) is 4.29. The number of hydrogen-bond donors (Lipinski definition) is 5. The van der Waals surface area contributed by atoms with Gasteiger partial charge in [-0.1, -0.05) is 42.5 Å². The standard InChI is InChI=1S/C20H25N2O7P/c1-29-18-12-14(7-8-16(18)15-5-3-2-4-6-15)11-17(22-13-30(26,27)28)20(25)21-10-9-19(23)24/h2-8,12,17,22H,9-11,13H2,1H3,(H,21,25)(H,23,24)(H2,26,27,28). The average Bonchev–Trinajstić information content (AvgIpc) is 2.70. The van der Waals surface area contributed by atoms with Crippen molar-refractivity contribution in [2.24, 2.45) is 0 Å². The first kappa shape index (κ1) is 23.6. The second kappa shape index (κ2) is 10.9. The molecule has 10 heteroatoms. The van der Waals surface area contributed by atoms with E-state index in [-0.39, 0.29) is 19.4 Å². The highest BCUT2D eigenvalue weighted by molar-refractivity contribution is 7.51. The lowest BCUT2D eigenvalue weighted by atomic mass is 9.99. The molecule has 162 valence electrons. The van der Waals surface area contributed by atoms with Crippen LogP contribution in [0.5, 0.6) is 5.75 Å². The summed E-state index contributed by atoms with van der Waals surface area (Å²) in [5.74, 6) is -1.01. The van der Waals surface area contributed by atoms with Crippen LogP contribution in [0.1, 0.15) is 12.0 Å². The molecule has 1 unspecified atom stereocenters. The number of hydrogen-bond acceptors (Lipinski definition) is 5. The highest BCUT2D eigenvalue weighted by Crippen LogP contribution is 2.33. The van der Waals surface area contributed by atoms with E-state index in [0.717, 1.165) is 11.1 Å². The van der Waals surface area contributed by atoms with Crippen molar-refractivity contribution < 1.29 is 33.8 Å². The molecule has 0 aromatic heterocycles. The monoisotopic (exact) mass is 436 g/mol. The molecule has 0 bridgehead atoms. The van der Waals surface area contributed by atoms with Crippen LogP contribution in [0.25, 0.3) is 11.1 Å². The Balaban J connectivity index is 2.19. The molecule has 5 N–H and O–H groups in total. The van der Waals surface area contributed by atoms with Crippen LogP contribution < -0.4 is 15.4 Å². The zero-order valence-electron chi connectivity index (χ0n) is 16.4. The number of rotatable bonds is 11. The minimum atomic E-state index is -4.38. The molecule has 2 aromatic carbocycles. The third kappa shape index (κ3) is 7.61. The summed E-state index contributed by atoms with van der Waals surface area (Å²) < 4.78 is 16.7. The Bertz CT molecular complexity index is 915. The largest absolute Gasteiger partial charge is 0.496 e. The maximum Gasteiger partial charge on any atom is 0.339 e. The van der Waals surface area contributed by atoms with Crippen molar-refractivity contribution in [3.8, 4) is 16.9 Å². The lowest BCUT2D eigenvalue weighted by Gasteiger charge is -2.20. The molecule has 0 radical (unpaired) electrons. The molecule has 2 aromatic rings. The fourth-order valence-corrected chi connectivity index (χ4v) is 3.32. The number of amides is 1. The molecule has 2 rings (SSSR count). The lowest BCUT2D eigenvalue weighted by Crippen LogP contribution is -2.46. The minimum absolute atomic E-state index is 0.0848. The van der Waals surface area contributed by atoms with Gasteiger partial charge in [-0.25, -0.2) is 0 Å². The van der Waals surface area contributed by atoms with Crippen LogP contribution in [0.3, 0.4) is 0 Å². The number of benzene rings is 2. The Kier molecular flexibility index (Phi) is 8.56. The SMILES string of the molecule is COc1cc(CC(NCP(=O)(O)O)C(=O)NCCC(=O)O)ccc1-c1ccccc1. The van der Waals surface area contributed by atoms with E-state index in [2.05, 4.69) is 10.6 Å². The second-order valence-electron chi connectivity index (χ2n) is 6.62. The van der Waals surface area contributed by atoms with Gasteiger partial charge in [0.1, 0.15) is 5.75 Å². The molecule has 30 heavy (non-hydrogen) atoms. The van der Waals surface area contributed by atoms with Crippen molar-refractivity contribution in [1.29, 1.82) is 0 Å². The first-order chi connectivity index (χ1) is 14.2. The second-order valence-corrected chi connectivity index (χ2v) is 8.26. The topological polar surface area (TPSA) is 145 Å². The maximum atomic E-state index is 12.4. The van der Waals surface area contributed by atoms with E-state index in [0.29, 0.717) is 11.3 Å². The Labute approximate surface area is 174 Å². The molecular formula is C20H25N2O7P. The molecule has 0 aliphatic rings. The number of carbonyl (C=O) groups is 2. The smallest absolute Gasteiger partial charge is 0.339 e. The summed E-state index contributed by atoms with van der Waals surface area (Å²) in [5.41, 5.74) is 2.54. The van der Waals surface area contributed by atoms with Crippen molar-refractivity contribution in [3.05, 3.63) is 54.1 Å². The summed E-state index contributed by atoms with van der Waals surface area (Å²) in [6.07, 6.45) is -0.801. The van der Waals surface area contributed by atoms with Crippen molar-refractivity contribution in [2.75, 3.05) is 19.9 Å². The van der Waals surface area contributed by atoms with Crippen LogP contribution in [-0.2, 0) is 20.6 Å². The third-order valence-corrected chi connectivity index (χ3v) is 4.88.